The summed E-state index contributed by atoms with van der Waals surface area (Å²) in [6.45, 7) is 3.84. The third-order valence-corrected chi connectivity index (χ3v) is 7.83. The van der Waals surface area contributed by atoms with Crippen molar-refractivity contribution in [3.8, 4) is 0 Å². The molecule has 3 saturated carbocycles. The minimum Gasteiger partial charge on any atom is -0.390 e. The molecule has 0 spiro atoms. The smallest absolute Gasteiger partial charge is 0.159 e. The molecular weight excluding hydrogens is 308 g/mol. The zero-order valence-corrected chi connectivity index (χ0v) is 14.3. The minimum absolute atomic E-state index is 0.0219. The van der Waals surface area contributed by atoms with E-state index in [2.05, 4.69) is 0 Å². The molecule has 0 radical (unpaired) electrons. The van der Waals surface area contributed by atoms with Crippen molar-refractivity contribution in [2.75, 3.05) is 0 Å². The Kier molecular flexibility index (Phi) is 3.27. The molecule has 3 N–H and O–H groups in total. The zero-order valence-electron chi connectivity index (χ0n) is 14.3. The van der Waals surface area contributed by atoms with Crippen LogP contribution in [-0.2, 0) is 9.59 Å². The number of fused-ring (bicyclic) bond motifs is 5. The number of aliphatic hydroxyl groups excluding tert-OH is 2. The van der Waals surface area contributed by atoms with Crippen LogP contribution in [0.3, 0.4) is 0 Å². The van der Waals surface area contributed by atoms with Gasteiger partial charge in [-0.1, -0.05) is 6.92 Å². The largest absolute Gasteiger partial charge is 0.390 e. The molecule has 24 heavy (non-hydrogen) atoms. The number of ketones is 2. The number of Topliss-reactive ketones (excluding diaryl/α,β-unsaturated/α-hetero) is 1. The Bertz CT molecular complexity index is 654. The van der Waals surface area contributed by atoms with Gasteiger partial charge in [0.15, 0.2) is 5.78 Å². The van der Waals surface area contributed by atoms with Gasteiger partial charge in [0.1, 0.15) is 5.78 Å². The molecule has 5 heteroatoms. The van der Waals surface area contributed by atoms with Crippen LogP contribution in [0.2, 0.25) is 0 Å². The highest BCUT2D eigenvalue weighted by Crippen LogP contribution is 2.64. The normalized spacial score (nSPS) is 54.0. The molecule has 7 atom stereocenters. The molecule has 4 aliphatic rings. The van der Waals surface area contributed by atoms with Gasteiger partial charge in [-0.25, -0.2) is 0 Å². The van der Waals surface area contributed by atoms with Crippen LogP contribution < -0.4 is 0 Å². The van der Waals surface area contributed by atoms with Crippen LogP contribution in [0, 0.1) is 22.7 Å². The first kappa shape index (κ1) is 16.4. The second-order valence-electron chi connectivity index (χ2n) is 8.84. The van der Waals surface area contributed by atoms with Crippen LogP contribution in [-0.4, -0.2) is 44.7 Å². The van der Waals surface area contributed by atoms with E-state index in [1.165, 1.54) is 0 Å². The summed E-state index contributed by atoms with van der Waals surface area (Å²) in [5, 5.41) is 31.6. The number of allylic oxidation sites excluding steroid dienone is 1. The summed E-state index contributed by atoms with van der Waals surface area (Å²) in [5.74, 6) is -0.337. The lowest BCUT2D eigenvalue weighted by molar-refractivity contribution is -0.154. The van der Waals surface area contributed by atoms with E-state index >= 15 is 0 Å². The first-order valence-corrected chi connectivity index (χ1v) is 9.01. The second kappa shape index (κ2) is 4.77. The summed E-state index contributed by atoms with van der Waals surface area (Å²) in [6.07, 6.45) is 2.56. The monoisotopic (exact) mass is 334 g/mol. The molecule has 4 rings (SSSR count). The van der Waals surface area contributed by atoms with Gasteiger partial charge in [-0.05, 0) is 62.0 Å². The summed E-state index contributed by atoms with van der Waals surface area (Å²) < 4.78 is 0. The van der Waals surface area contributed by atoms with E-state index in [0.29, 0.717) is 31.3 Å². The SMILES string of the molecule is C[C@@]12C[C@H](O)[C@@H](O)C[C@H]1C(=O)C=C1[C@@H]2CC[C@]2(C)C(=O)CC[C@@]12O. The highest BCUT2D eigenvalue weighted by Gasteiger charge is 2.66. The van der Waals surface area contributed by atoms with E-state index in [0.717, 1.165) is 6.42 Å². The first-order chi connectivity index (χ1) is 11.1. The van der Waals surface area contributed by atoms with E-state index in [9.17, 15) is 24.9 Å². The maximum absolute atomic E-state index is 12.8. The van der Waals surface area contributed by atoms with Crippen molar-refractivity contribution < 1.29 is 24.9 Å². The van der Waals surface area contributed by atoms with Crippen molar-refractivity contribution in [1.29, 1.82) is 0 Å². The highest BCUT2D eigenvalue weighted by molar-refractivity contribution is 5.96. The van der Waals surface area contributed by atoms with E-state index in [1.54, 1.807) is 6.08 Å². The molecule has 0 aromatic rings. The molecular formula is C19H26O5. The average molecular weight is 334 g/mol. The van der Waals surface area contributed by atoms with Crippen LogP contribution in [0.5, 0.6) is 0 Å². The summed E-state index contributed by atoms with van der Waals surface area (Å²) in [4.78, 5) is 25.2. The molecule has 0 bridgehead atoms. The van der Waals surface area contributed by atoms with E-state index in [4.69, 9.17) is 0 Å². The van der Waals surface area contributed by atoms with Crippen LogP contribution in [0.1, 0.15) is 52.4 Å². The molecule has 0 unspecified atom stereocenters. The Morgan fingerprint density at radius 1 is 1.08 bits per heavy atom. The molecule has 5 nitrogen and oxygen atoms in total. The molecule has 0 saturated heterocycles. The second-order valence-corrected chi connectivity index (χ2v) is 8.84. The number of hydrogen-bond donors (Lipinski definition) is 3. The third kappa shape index (κ3) is 1.76. The Hall–Kier alpha value is -1.04. The lowest BCUT2D eigenvalue weighted by atomic mass is 9.47. The maximum atomic E-state index is 12.8. The molecule has 0 aromatic carbocycles. The van der Waals surface area contributed by atoms with Crippen molar-refractivity contribution in [2.24, 2.45) is 22.7 Å². The minimum atomic E-state index is -1.24. The fraction of sp³-hybridized carbons (Fsp3) is 0.789. The van der Waals surface area contributed by atoms with Crippen molar-refractivity contribution in [3.63, 3.8) is 0 Å². The fourth-order valence-corrected chi connectivity index (χ4v) is 6.14. The van der Waals surface area contributed by atoms with E-state index in [1.807, 2.05) is 13.8 Å². The third-order valence-electron chi connectivity index (χ3n) is 7.83. The van der Waals surface area contributed by atoms with Crippen LogP contribution in [0.4, 0.5) is 0 Å². The maximum Gasteiger partial charge on any atom is 0.159 e. The quantitative estimate of drug-likeness (QED) is 0.618. The highest BCUT2D eigenvalue weighted by atomic mass is 16.3. The van der Waals surface area contributed by atoms with Gasteiger partial charge < -0.3 is 15.3 Å². The van der Waals surface area contributed by atoms with Gasteiger partial charge in [0.25, 0.3) is 0 Å². The summed E-state index contributed by atoms with van der Waals surface area (Å²) in [5.41, 5.74) is -1.80. The van der Waals surface area contributed by atoms with E-state index < -0.39 is 28.6 Å². The van der Waals surface area contributed by atoms with E-state index in [-0.39, 0.29) is 29.8 Å². The van der Waals surface area contributed by atoms with Crippen molar-refractivity contribution in [3.05, 3.63) is 11.6 Å². The molecule has 3 fully saturated rings. The first-order valence-electron chi connectivity index (χ1n) is 9.01. The lowest BCUT2D eigenvalue weighted by Gasteiger charge is -2.58. The van der Waals surface area contributed by atoms with Gasteiger partial charge in [-0.3, -0.25) is 9.59 Å². The van der Waals surface area contributed by atoms with Gasteiger partial charge in [0.05, 0.1) is 23.2 Å². The Morgan fingerprint density at radius 3 is 2.50 bits per heavy atom. The summed E-state index contributed by atoms with van der Waals surface area (Å²) >= 11 is 0. The Labute approximate surface area is 141 Å². The summed E-state index contributed by atoms with van der Waals surface area (Å²) in [6, 6.07) is 0. The molecule has 132 valence electrons. The molecule has 4 aliphatic carbocycles. The number of rotatable bonds is 0. The predicted molar refractivity (Wildman–Crippen MR) is 86.0 cm³/mol. The topological polar surface area (TPSA) is 94.8 Å². The molecule has 0 aliphatic heterocycles. The number of carbonyl (C=O) groups is 2. The van der Waals surface area contributed by atoms with Gasteiger partial charge in [0.2, 0.25) is 0 Å². The zero-order chi connectivity index (χ0) is 17.5. The number of carbonyl (C=O) groups excluding carboxylic acids is 2. The van der Waals surface area contributed by atoms with Crippen molar-refractivity contribution in [2.45, 2.75) is 70.2 Å². The van der Waals surface area contributed by atoms with Gasteiger partial charge in [-0.2, -0.15) is 0 Å². The molecule has 0 amide bonds. The number of hydrogen-bond acceptors (Lipinski definition) is 5. The van der Waals surface area contributed by atoms with Crippen LogP contribution >= 0.6 is 0 Å². The summed E-state index contributed by atoms with van der Waals surface area (Å²) in [7, 11) is 0. The Morgan fingerprint density at radius 2 is 1.79 bits per heavy atom. The van der Waals surface area contributed by atoms with Gasteiger partial charge >= 0.3 is 0 Å². The van der Waals surface area contributed by atoms with Gasteiger partial charge in [-0.15, -0.1) is 0 Å². The van der Waals surface area contributed by atoms with Crippen molar-refractivity contribution >= 4 is 11.6 Å². The average Bonchev–Trinajstić information content (AvgIpc) is 2.75. The lowest BCUT2D eigenvalue weighted by Crippen LogP contribution is -2.60. The predicted octanol–water partition coefficient (Wildman–Crippen LogP) is 1.14. The molecule has 0 heterocycles. The fourth-order valence-electron chi connectivity index (χ4n) is 6.14. The van der Waals surface area contributed by atoms with Gasteiger partial charge in [0, 0.05) is 12.3 Å². The number of aliphatic hydroxyl groups is 3. The van der Waals surface area contributed by atoms with Crippen LogP contribution in [0.25, 0.3) is 0 Å². The van der Waals surface area contributed by atoms with Crippen LogP contribution in [0.15, 0.2) is 11.6 Å². The standard InChI is InChI=1S/C19H26O5/c1-17-9-15(22)14(21)8-12(17)13(20)7-11-10(17)3-5-18(2)16(23)4-6-19(11,18)24/h7,10,12,14-15,21-22,24H,3-6,8-9H2,1-2H3/t10-,12-,14-,15-,17-,18+,19+/m0/s1. The molecule has 0 aromatic heterocycles. The Balaban J connectivity index is 1.83. The van der Waals surface area contributed by atoms with Crippen molar-refractivity contribution in [1.82, 2.24) is 0 Å².